The van der Waals surface area contributed by atoms with Gasteiger partial charge in [0.15, 0.2) is 0 Å². The van der Waals surface area contributed by atoms with Crippen molar-refractivity contribution in [3.63, 3.8) is 0 Å². The van der Waals surface area contributed by atoms with E-state index in [1.165, 1.54) is 4.57 Å². The number of rotatable bonds is 5. The number of fused-ring (bicyclic) bond motifs is 1. The molecule has 3 aromatic rings. The number of ether oxygens (including phenoxy) is 1. The number of aryl methyl sites for hydroxylation is 1. The molecule has 1 fully saturated rings. The number of nitrogens with one attached hydrogen (secondary N) is 1. The second-order valence-corrected chi connectivity index (χ2v) is 7.11. The number of pyridine rings is 1. The standard InChI is InChI=1S/C20H19ClN4O2/c1-4-20(7-8-20)24-18-17-15(10-13(21)11-16(17)27-3)25(19(26)23-18)14-6-5-9-22-12(14)2/h4-6,9-11H,1,7-8H2,2-3H3,(H,23,24,26). The molecule has 0 bridgehead atoms. The minimum atomic E-state index is -0.412. The average molecular weight is 383 g/mol. The molecule has 1 aliphatic carbocycles. The summed E-state index contributed by atoms with van der Waals surface area (Å²) in [6, 6.07) is 7.08. The summed E-state index contributed by atoms with van der Waals surface area (Å²) in [5.74, 6) is 1.02. The number of anilines is 1. The molecule has 0 saturated heterocycles. The molecule has 1 N–H and O–H groups in total. The molecule has 7 heteroatoms. The molecule has 1 saturated carbocycles. The first-order chi connectivity index (χ1) is 13.0. The van der Waals surface area contributed by atoms with E-state index in [9.17, 15) is 4.79 Å². The van der Waals surface area contributed by atoms with Gasteiger partial charge in [0.2, 0.25) is 0 Å². The van der Waals surface area contributed by atoms with Gasteiger partial charge in [0.25, 0.3) is 0 Å². The first kappa shape index (κ1) is 17.5. The summed E-state index contributed by atoms with van der Waals surface area (Å²) in [6.07, 6.45) is 5.43. The molecule has 0 radical (unpaired) electrons. The Morgan fingerprint density at radius 3 is 2.81 bits per heavy atom. The lowest BCUT2D eigenvalue weighted by Crippen LogP contribution is -2.27. The van der Waals surface area contributed by atoms with Crippen molar-refractivity contribution in [2.45, 2.75) is 25.3 Å². The molecule has 27 heavy (non-hydrogen) atoms. The van der Waals surface area contributed by atoms with Gasteiger partial charge in [-0.1, -0.05) is 17.7 Å². The molecule has 138 valence electrons. The SMILES string of the molecule is C=CC1(Nc2nc(=O)n(-c3cccnc3C)c3cc(Cl)cc(OC)c23)CC1. The van der Waals surface area contributed by atoms with Crippen molar-refractivity contribution in [3.8, 4) is 11.4 Å². The lowest BCUT2D eigenvalue weighted by Gasteiger charge is -2.19. The summed E-state index contributed by atoms with van der Waals surface area (Å²) in [5, 5.41) is 4.53. The topological polar surface area (TPSA) is 69.0 Å². The second-order valence-electron chi connectivity index (χ2n) is 6.67. The lowest BCUT2D eigenvalue weighted by atomic mass is 10.1. The van der Waals surface area contributed by atoms with Gasteiger partial charge in [-0.3, -0.25) is 9.55 Å². The van der Waals surface area contributed by atoms with Crippen LogP contribution in [-0.2, 0) is 0 Å². The minimum absolute atomic E-state index is 0.229. The van der Waals surface area contributed by atoms with Crippen LogP contribution >= 0.6 is 11.6 Å². The molecule has 0 spiro atoms. The van der Waals surface area contributed by atoms with Crippen LogP contribution in [0, 0.1) is 6.92 Å². The first-order valence-electron chi connectivity index (χ1n) is 8.62. The fraction of sp³-hybridized carbons (Fsp3) is 0.250. The molecule has 1 aromatic carbocycles. The molecule has 0 atom stereocenters. The largest absolute Gasteiger partial charge is 0.496 e. The van der Waals surface area contributed by atoms with Gasteiger partial charge in [0.05, 0.1) is 34.9 Å². The van der Waals surface area contributed by atoms with Crippen molar-refractivity contribution in [1.82, 2.24) is 14.5 Å². The third-order valence-electron chi connectivity index (χ3n) is 4.91. The molecule has 2 heterocycles. The van der Waals surface area contributed by atoms with Crippen molar-refractivity contribution in [1.29, 1.82) is 0 Å². The van der Waals surface area contributed by atoms with Crippen molar-refractivity contribution < 1.29 is 4.74 Å². The van der Waals surface area contributed by atoms with Crippen LogP contribution in [0.1, 0.15) is 18.5 Å². The lowest BCUT2D eigenvalue weighted by molar-refractivity contribution is 0.419. The van der Waals surface area contributed by atoms with Gasteiger partial charge in [0, 0.05) is 11.2 Å². The number of benzene rings is 1. The number of methoxy groups -OCH3 is 1. The molecular weight excluding hydrogens is 364 g/mol. The van der Waals surface area contributed by atoms with Crippen molar-refractivity contribution in [2.75, 3.05) is 12.4 Å². The van der Waals surface area contributed by atoms with E-state index in [1.807, 2.05) is 19.1 Å². The predicted octanol–water partition coefficient (Wildman–Crippen LogP) is 3.88. The number of nitrogens with zero attached hydrogens (tertiary/aromatic N) is 3. The maximum Gasteiger partial charge on any atom is 0.354 e. The zero-order valence-corrected chi connectivity index (χ0v) is 15.9. The van der Waals surface area contributed by atoms with E-state index >= 15 is 0 Å². The number of aromatic nitrogens is 3. The summed E-state index contributed by atoms with van der Waals surface area (Å²) in [4.78, 5) is 21.6. The second kappa shape index (κ2) is 6.39. The molecule has 6 nitrogen and oxygen atoms in total. The fourth-order valence-corrected chi connectivity index (χ4v) is 3.44. The Bertz CT molecular complexity index is 1120. The number of halogens is 1. The molecule has 0 unspecified atom stereocenters. The summed E-state index contributed by atoms with van der Waals surface area (Å²) >= 11 is 6.31. The normalized spacial score (nSPS) is 14.8. The van der Waals surface area contributed by atoms with Gasteiger partial charge in [-0.05, 0) is 44.0 Å². The summed E-state index contributed by atoms with van der Waals surface area (Å²) in [5.41, 5.74) is 1.34. The summed E-state index contributed by atoms with van der Waals surface area (Å²) < 4.78 is 7.08. The van der Waals surface area contributed by atoms with E-state index in [2.05, 4.69) is 21.9 Å². The highest BCUT2D eigenvalue weighted by Crippen LogP contribution is 2.42. The maximum absolute atomic E-state index is 13.0. The molecular formula is C20H19ClN4O2. The van der Waals surface area contributed by atoms with Crippen LogP contribution in [0.2, 0.25) is 5.02 Å². The highest BCUT2D eigenvalue weighted by molar-refractivity contribution is 6.31. The van der Waals surface area contributed by atoms with Gasteiger partial charge in [-0.15, -0.1) is 6.58 Å². The Labute approximate surface area is 161 Å². The fourth-order valence-electron chi connectivity index (χ4n) is 3.23. The third kappa shape index (κ3) is 2.96. The Balaban J connectivity index is 2.08. The van der Waals surface area contributed by atoms with E-state index in [-0.39, 0.29) is 5.54 Å². The monoisotopic (exact) mass is 382 g/mol. The zero-order chi connectivity index (χ0) is 19.2. The van der Waals surface area contributed by atoms with Crippen molar-refractivity contribution in [3.05, 3.63) is 64.3 Å². The van der Waals surface area contributed by atoms with Gasteiger partial charge < -0.3 is 10.1 Å². The minimum Gasteiger partial charge on any atom is -0.496 e. The Kier molecular flexibility index (Phi) is 4.15. The van der Waals surface area contributed by atoms with Gasteiger partial charge >= 0.3 is 5.69 Å². The van der Waals surface area contributed by atoms with E-state index in [0.717, 1.165) is 12.8 Å². The van der Waals surface area contributed by atoms with Crippen LogP contribution in [0.25, 0.3) is 16.6 Å². The third-order valence-corrected chi connectivity index (χ3v) is 5.13. The Morgan fingerprint density at radius 2 is 2.19 bits per heavy atom. The number of hydrogen-bond donors (Lipinski definition) is 1. The average Bonchev–Trinajstić information content (AvgIpc) is 3.42. The van der Waals surface area contributed by atoms with Crippen LogP contribution in [0.4, 0.5) is 5.82 Å². The van der Waals surface area contributed by atoms with Crippen LogP contribution in [-0.4, -0.2) is 27.2 Å². The van der Waals surface area contributed by atoms with Gasteiger partial charge in [0.1, 0.15) is 11.6 Å². The highest BCUT2D eigenvalue weighted by Gasteiger charge is 2.40. The first-order valence-corrected chi connectivity index (χ1v) is 9.00. The summed E-state index contributed by atoms with van der Waals surface area (Å²) in [6.45, 7) is 5.74. The molecule has 4 rings (SSSR count). The summed E-state index contributed by atoms with van der Waals surface area (Å²) in [7, 11) is 1.57. The maximum atomic E-state index is 13.0. The van der Waals surface area contributed by atoms with E-state index in [0.29, 0.717) is 38.9 Å². The van der Waals surface area contributed by atoms with Crippen molar-refractivity contribution in [2.24, 2.45) is 0 Å². The molecule has 0 aliphatic heterocycles. The van der Waals surface area contributed by atoms with E-state index < -0.39 is 5.69 Å². The Morgan fingerprint density at radius 1 is 1.41 bits per heavy atom. The zero-order valence-electron chi connectivity index (χ0n) is 15.1. The Hall–Kier alpha value is -2.86. The molecule has 2 aromatic heterocycles. The quantitative estimate of drug-likeness (QED) is 0.678. The molecule has 0 amide bonds. The van der Waals surface area contributed by atoms with Crippen LogP contribution in [0.15, 0.2) is 47.9 Å². The van der Waals surface area contributed by atoms with Crippen LogP contribution in [0.3, 0.4) is 0 Å². The van der Waals surface area contributed by atoms with Gasteiger partial charge in [-0.2, -0.15) is 4.98 Å². The smallest absolute Gasteiger partial charge is 0.354 e. The van der Waals surface area contributed by atoms with Crippen LogP contribution in [0.5, 0.6) is 5.75 Å². The van der Waals surface area contributed by atoms with E-state index in [1.54, 1.807) is 31.5 Å². The molecule has 1 aliphatic rings. The van der Waals surface area contributed by atoms with Gasteiger partial charge in [-0.25, -0.2) is 4.79 Å². The van der Waals surface area contributed by atoms with E-state index in [4.69, 9.17) is 16.3 Å². The highest BCUT2D eigenvalue weighted by atomic mass is 35.5. The number of hydrogen-bond acceptors (Lipinski definition) is 5. The van der Waals surface area contributed by atoms with Crippen LogP contribution < -0.4 is 15.7 Å². The predicted molar refractivity (Wildman–Crippen MR) is 107 cm³/mol. The van der Waals surface area contributed by atoms with Crippen molar-refractivity contribution >= 4 is 28.3 Å².